The number of para-hydroxylation sites is 1. The predicted octanol–water partition coefficient (Wildman–Crippen LogP) is 3.34. The Hall–Kier alpha value is -2.61. The minimum Gasteiger partial charge on any atom is -0.342 e. The Kier molecular flexibility index (Phi) is 5.45. The molecule has 0 radical (unpaired) electrons. The van der Waals surface area contributed by atoms with E-state index < -0.39 is 0 Å². The standard InChI is InChI=1S/C21H26N6OS/c1-4-16(20(28)26-11-7-8-12-26)29-21-23-19-17(14(3)24-25-19)18(22)27(21)15-10-6-5-9-13(15)2/h5-6,9-10,16,22H,4,7-8,11-12H2,1-3H3,(H,24,25)/t16-/m0/s1. The van der Waals surface area contributed by atoms with Gasteiger partial charge < -0.3 is 4.90 Å². The Morgan fingerprint density at radius 2 is 2.00 bits per heavy atom. The van der Waals surface area contributed by atoms with Gasteiger partial charge in [-0.2, -0.15) is 5.10 Å². The van der Waals surface area contributed by atoms with Crippen molar-refractivity contribution in [2.24, 2.45) is 0 Å². The molecule has 1 aromatic carbocycles. The van der Waals surface area contributed by atoms with E-state index in [1.807, 2.05) is 54.5 Å². The van der Waals surface area contributed by atoms with Gasteiger partial charge in [0.25, 0.3) is 0 Å². The zero-order valence-corrected chi connectivity index (χ0v) is 17.8. The summed E-state index contributed by atoms with van der Waals surface area (Å²) in [7, 11) is 0. The van der Waals surface area contributed by atoms with E-state index in [0.29, 0.717) is 28.1 Å². The van der Waals surface area contributed by atoms with Crippen molar-refractivity contribution in [3.8, 4) is 5.69 Å². The predicted molar refractivity (Wildman–Crippen MR) is 114 cm³/mol. The zero-order valence-electron chi connectivity index (χ0n) is 17.0. The van der Waals surface area contributed by atoms with Crippen LogP contribution in [-0.2, 0) is 4.79 Å². The van der Waals surface area contributed by atoms with Gasteiger partial charge in [-0.25, -0.2) is 4.98 Å². The Balaban J connectivity index is 1.84. The van der Waals surface area contributed by atoms with E-state index in [-0.39, 0.29) is 11.2 Å². The number of hydrogen-bond donors (Lipinski definition) is 2. The molecule has 2 N–H and O–H groups in total. The number of H-pyrrole nitrogens is 1. The first kappa shape index (κ1) is 19.7. The summed E-state index contributed by atoms with van der Waals surface area (Å²) in [6.45, 7) is 7.62. The molecule has 3 heterocycles. The van der Waals surface area contributed by atoms with E-state index in [9.17, 15) is 4.79 Å². The van der Waals surface area contributed by atoms with E-state index in [1.165, 1.54) is 11.8 Å². The lowest BCUT2D eigenvalue weighted by Crippen LogP contribution is -2.36. The van der Waals surface area contributed by atoms with Crippen LogP contribution in [0.1, 0.15) is 37.4 Å². The summed E-state index contributed by atoms with van der Waals surface area (Å²) in [4.78, 5) is 19.8. The average molecular weight is 411 g/mol. The number of carbonyl (C=O) groups is 1. The number of amides is 1. The Morgan fingerprint density at radius 3 is 2.69 bits per heavy atom. The van der Waals surface area contributed by atoms with Gasteiger partial charge in [-0.1, -0.05) is 36.9 Å². The number of likely N-dealkylation sites (tertiary alicyclic amines) is 1. The first-order chi connectivity index (χ1) is 14.0. The van der Waals surface area contributed by atoms with Gasteiger partial charge in [0, 0.05) is 18.8 Å². The number of carbonyl (C=O) groups excluding carboxylic acids is 1. The van der Waals surface area contributed by atoms with Crippen molar-refractivity contribution < 1.29 is 4.79 Å². The second-order valence-corrected chi connectivity index (χ2v) is 8.63. The van der Waals surface area contributed by atoms with Crippen LogP contribution in [0.2, 0.25) is 0 Å². The van der Waals surface area contributed by atoms with Crippen LogP contribution < -0.4 is 5.49 Å². The van der Waals surface area contributed by atoms with E-state index in [1.54, 1.807) is 0 Å². The Labute approximate surface area is 174 Å². The third-order valence-corrected chi connectivity index (χ3v) is 6.75. The Morgan fingerprint density at radius 1 is 1.28 bits per heavy atom. The SMILES string of the molecule is CC[C@H](Sc1nc2n[nH]c(C)c2c(=N)n1-c1ccccc1C)C(=O)N1CCCC1. The highest BCUT2D eigenvalue weighted by Crippen LogP contribution is 2.29. The van der Waals surface area contributed by atoms with Crippen molar-refractivity contribution in [2.45, 2.75) is 50.4 Å². The van der Waals surface area contributed by atoms with E-state index >= 15 is 0 Å². The molecule has 1 aliphatic heterocycles. The molecule has 152 valence electrons. The molecule has 7 nitrogen and oxygen atoms in total. The van der Waals surface area contributed by atoms with Crippen LogP contribution >= 0.6 is 11.8 Å². The lowest BCUT2D eigenvalue weighted by atomic mass is 10.2. The number of benzene rings is 1. The van der Waals surface area contributed by atoms with Crippen LogP contribution in [0.4, 0.5) is 0 Å². The minimum atomic E-state index is -0.229. The van der Waals surface area contributed by atoms with Crippen LogP contribution in [0, 0.1) is 19.3 Å². The smallest absolute Gasteiger partial charge is 0.236 e. The highest BCUT2D eigenvalue weighted by atomic mass is 32.2. The normalized spacial score (nSPS) is 15.2. The first-order valence-electron chi connectivity index (χ1n) is 10.0. The third-order valence-electron chi connectivity index (χ3n) is 5.45. The van der Waals surface area contributed by atoms with Gasteiger partial charge >= 0.3 is 0 Å². The van der Waals surface area contributed by atoms with E-state index in [2.05, 4.69) is 10.2 Å². The number of rotatable bonds is 5. The topological polar surface area (TPSA) is 90.7 Å². The maximum atomic E-state index is 13.0. The summed E-state index contributed by atoms with van der Waals surface area (Å²) in [5.41, 5.74) is 3.62. The summed E-state index contributed by atoms with van der Waals surface area (Å²) in [5.74, 6) is 0.165. The highest BCUT2D eigenvalue weighted by molar-refractivity contribution is 8.00. The van der Waals surface area contributed by atoms with Gasteiger partial charge in [-0.05, 0) is 44.7 Å². The molecule has 1 fully saturated rings. The van der Waals surface area contributed by atoms with Crippen molar-refractivity contribution in [3.05, 3.63) is 41.0 Å². The van der Waals surface area contributed by atoms with Crippen molar-refractivity contribution in [1.29, 1.82) is 5.41 Å². The molecular weight excluding hydrogens is 384 g/mol. The molecule has 1 amide bonds. The molecule has 29 heavy (non-hydrogen) atoms. The van der Waals surface area contributed by atoms with Crippen LogP contribution in [0.5, 0.6) is 0 Å². The quantitative estimate of drug-likeness (QED) is 0.499. The molecule has 0 bridgehead atoms. The maximum Gasteiger partial charge on any atom is 0.236 e. The Bertz CT molecular complexity index is 1110. The molecule has 1 atom stereocenters. The van der Waals surface area contributed by atoms with Crippen molar-refractivity contribution in [1.82, 2.24) is 24.6 Å². The number of aryl methyl sites for hydroxylation is 2. The van der Waals surface area contributed by atoms with Gasteiger partial charge in [0.15, 0.2) is 10.8 Å². The number of nitrogens with zero attached hydrogens (tertiary/aromatic N) is 4. The van der Waals surface area contributed by atoms with Crippen molar-refractivity contribution in [3.63, 3.8) is 0 Å². The number of fused-ring (bicyclic) bond motifs is 1. The minimum absolute atomic E-state index is 0.165. The summed E-state index contributed by atoms with van der Waals surface area (Å²) in [6, 6.07) is 7.96. The second-order valence-electron chi connectivity index (χ2n) is 7.46. The van der Waals surface area contributed by atoms with Gasteiger partial charge in [-0.3, -0.25) is 19.9 Å². The molecule has 0 spiro atoms. The molecule has 0 unspecified atom stereocenters. The number of aromatic amines is 1. The number of thioether (sulfide) groups is 1. The van der Waals surface area contributed by atoms with Crippen LogP contribution in [0.25, 0.3) is 16.7 Å². The average Bonchev–Trinajstić information content (AvgIpc) is 3.37. The summed E-state index contributed by atoms with van der Waals surface area (Å²) in [5, 5.41) is 17.2. The van der Waals surface area contributed by atoms with Gasteiger partial charge in [0.05, 0.1) is 16.3 Å². The molecule has 3 aromatic rings. The fourth-order valence-electron chi connectivity index (χ4n) is 3.82. The lowest BCUT2D eigenvalue weighted by Gasteiger charge is -2.23. The van der Waals surface area contributed by atoms with Crippen LogP contribution in [-0.4, -0.2) is 48.9 Å². The zero-order chi connectivity index (χ0) is 20.5. The maximum absolute atomic E-state index is 13.0. The van der Waals surface area contributed by atoms with Crippen LogP contribution in [0.3, 0.4) is 0 Å². The molecule has 1 saturated heterocycles. The molecular formula is C21H26N6OS. The lowest BCUT2D eigenvalue weighted by molar-refractivity contribution is -0.129. The molecule has 0 saturated carbocycles. The molecule has 2 aromatic heterocycles. The fraction of sp³-hybridized carbons (Fsp3) is 0.429. The molecule has 1 aliphatic rings. The van der Waals surface area contributed by atoms with Gasteiger partial charge in [-0.15, -0.1) is 0 Å². The molecule has 0 aliphatic carbocycles. The third kappa shape index (κ3) is 3.57. The summed E-state index contributed by atoms with van der Waals surface area (Å²) < 4.78 is 1.85. The number of nitrogens with one attached hydrogen (secondary N) is 2. The monoisotopic (exact) mass is 410 g/mol. The summed E-state index contributed by atoms with van der Waals surface area (Å²) in [6.07, 6.45) is 2.85. The van der Waals surface area contributed by atoms with Gasteiger partial charge in [0.1, 0.15) is 5.49 Å². The van der Waals surface area contributed by atoms with E-state index in [0.717, 1.165) is 42.9 Å². The van der Waals surface area contributed by atoms with Crippen molar-refractivity contribution >= 4 is 28.7 Å². The largest absolute Gasteiger partial charge is 0.342 e. The van der Waals surface area contributed by atoms with E-state index in [4.69, 9.17) is 10.4 Å². The first-order valence-corrected chi connectivity index (χ1v) is 10.9. The summed E-state index contributed by atoms with van der Waals surface area (Å²) >= 11 is 1.44. The number of hydrogen-bond acceptors (Lipinski definition) is 5. The molecule has 4 rings (SSSR count). The number of aromatic nitrogens is 4. The van der Waals surface area contributed by atoms with Crippen molar-refractivity contribution in [2.75, 3.05) is 13.1 Å². The van der Waals surface area contributed by atoms with Crippen LogP contribution in [0.15, 0.2) is 29.4 Å². The fourth-order valence-corrected chi connectivity index (χ4v) is 4.93. The highest BCUT2D eigenvalue weighted by Gasteiger charge is 2.28. The second kappa shape index (κ2) is 8.02. The van der Waals surface area contributed by atoms with Gasteiger partial charge in [0.2, 0.25) is 5.91 Å². The molecule has 8 heteroatoms.